The number of carbonyl (C=O) groups is 2. The van der Waals surface area contributed by atoms with Gasteiger partial charge in [0.05, 0.1) is 12.6 Å². The zero-order chi connectivity index (χ0) is 10.3. The van der Waals surface area contributed by atoms with Crippen LogP contribution in [0, 0.1) is 0 Å². The van der Waals surface area contributed by atoms with Gasteiger partial charge < -0.3 is 15.6 Å². The molecule has 0 radical (unpaired) electrons. The maximum Gasteiger partial charge on any atom is 0.327 e. The fourth-order valence-corrected chi connectivity index (χ4v) is 0.708. The molecule has 0 amide bonds. The van der Waals surface area contributed by atoms with Crippen LogP contribution in [0.15, 0.2) is 0 Å². The molecule has 5 heteroatoms. The highest BCUT2D eigenvalue weighted by molar-refractivity contribution is 5.86. The summed E-state index contributed by atoms with van der Waals surface area (Å²) in [6.45, 7) is 1.50. The largest absolute Gasteiger partial charge is 0.393 e. The molecule has 13 heavy (non-hydrogen) atoms. The number of esters is 2. The summed E-state index contributed by atoms with van der Waals surface area (Å²) in [4.78, 5) is 21.3. The SMILES string of the molecule is CCC(O)CCC(=O)OC(=O)CN. The molecule has 0 aliphatic heterocycles. The van der Waals surface area contributed by atoms with Gasteiger partial charge in [-0.15, -0.1) is 0 Å². The maximum atomic E-state index is 10.8. The van der Waals surface area contributed by atoms with Crippen LogP contribution < -0.4 is 5.73 Å². The van der Waals surface area contributed by atoms with Crippen molar-refractivity contribution >= 4 is 11.9 Å². The monoisotopic (exact) mass is 189 g/mol. The quantitative estimate of drug-likeness (QED) is 0.452. The predicted molar refractivity (Wildman–Crippen MR) is 45.7 cm³/mol. The van der Waals surface area contributed by atoms with E-state index in [1.165, 1.54) is 0 Å². The Labute approximate surface area is 76.9 Å². The lowest BCUT2D eigenvalue weighted by atomic mass is 10.1. The van der Waals surface area contributed by atoms with Gasteiger partial charge in [0.25, 0.3) is 0 Å². The average Bonchev–Trinajstić information content (AvgIpc) is 2.13. The Kier molecular flexibility index (Phi) is 6.09. The van der Waals surface area contributed by atoms with Crippen LogP contribution in [0.4, 0.5) is 0 Å². The Morgan fingerprint density at radius 2 is 2.08 bits per heavy atom. The van der Waals surface area contributed by atoms with Gasteiger partial charge in [0.15, 0.2) is 0 Å². The zero-order valence-corrected chi connectivity index (χ0v) is 7.66. The molecule has 5 nitrogen and oxygen atoms in total. The van der Waals surface area contributed by atoms with E-state index in [2.05, 4.69) is 4.74 Å². The van der Waals surface area contributed by atoms with E-state index < -0.39 is 18.0 Å². The van der Waals surface area contributed by atoms with E-state index in [1.54, 1.807) is 6.92 Å². The second-order valence-corrected chi connectivity index (χ2v) is 2.65. The fourth-order valence-electron chi connectivity index (χ4n) is 0.708. The van der Waals surface area contributed by atoms with Crippen LogP contribution >= 0.6 is 0 Å². The van der Waals surface area contributed by atoms with Gasteiger partial charge in [-0.1, -0.05) is 6.92 Å². The third kappa shape index (κ3) is 6.24. The standard InChI is InChI=1S/C8H15NO4/c1-2-6(10)3-4-7(11)13-8(12)5-9/h6,10H,2-5,9H2,1H3. The van der Waals surface area contributed by atoms with Gasteiger partial charge in [0.2, 0.25) is 0 Å². The van der Waals surface area contributed by atoms with E-state index in [1.807, 2.05) is 0 Å². The van der Waals surface area contributed by atoms with Gasteiger partial charge in [-0.3, -0.25) is 9.59 Å². The van der Waals surface area contributed by atoms with Crippen LogP contribution in [0.2, 0.25) is 0 Å². The Bertz CT molecular complexity index is 181. The maximum absolute atomic E-state index is 10.8. The third-order valence-electron chi connectivity index (χ3n) is 1.55. The van der Waals surface area contributed by atoms with Gasteiger partial charge in [0.1, 0.15) is 0 Å². The number of nitrogens with two attached hydrogens (primary N) is 1. The summed E-state index contributed by atoms with van der Waals surface area (Å²) in [6.07, 6.45) is 0.423. The van der Waals surface area contributed by atoms with Gasteiger partial charge >= 0.3 is 11.9 Å². The molecule has 0 rings (SSSR count). The van der Waals surface area contributed by atoms with E-state index in [0.29, 0.717) is 12.8 Å². The molecule has 0 aromatic heterocycles. The molecule has 0 spiro atoms. The first-order valence-electron chi connectivity index (χ1n) is 4.21. The van der Waals surface area contributed by atoms with Gasteiger partial charge in [-0.2, -0.15) is 0 Å². The highest BCUT2D eigenvalue weighted by Crippen LogP contribution is 2.01. The first-order chi connectivity index (χ1) is 6.10. The molecule has 0 aliphatic rings. The molecule has 0 saturated heterocycles. The Hall–Kier alpha value is -0.940. The Balaban J connectivity index is 3.57. The summed E-state index contributed by atoms with van der Waals surface area (Å²) in [5, 5.41) is 9.08. The van der Waals surface area contributed by atoms with Crippen LogP contribution in [-0.4, -0.2) is 29.7 Å². The van der Waals surface area contributed by atoms with E-state index in [9.17, 15) is 9.59 Å². The lowest BCUT2D eigenvalue weighted by molar-refractivity contribution is -0.159. The molecular formula is C8H15NO4. The molecule has 3 N–H and O–H groups in total. The van der Waals surface area contributed by atoms with Crippen molar-refractivity contribution in [1.82, 2.24) is 0 Å². The zero-order valence-electron chi connectivity index (χ0n) is 7.66. The number of ether oxygens (including phenoxy) is 1. The topological polar surface area (TPSA) is 89.6 Å². The lowest BCUT2D eigenvalue weighted by Crippen LogP contribution is -2.21. The Morgan fingerprint density at radius 1 is 1.46 bits per heavy atom. The highest BCUT2D eigenvalue weighted by atomic mass is 16.6. The molecule has 1 unspecified atom stereocenters. The van der Waals surface area contributed by atoms with Gasteiger partial charge in [0, 0.05) is 6.42 Å². The number of rotatable bonds is 5. The number of aliphatic hydroxyl groups excluding tert-OH is 1. The molecule has 0 aromatic rings. The van der Waals surface area contributed by atoms with Crippen LogP contribution in [0.25, 0.3) is 0 Å². The van der Waals surface area contributed by atoms with E-state index in [0.717, 1.165) is 0 Å². The van der Waals surface area contributed by atoms with Crippen LogP contribution in [0.1, 0.15) is 26.2 Å². The molecule has 0 aliphatic carbocycles. The highest BCUT2D eigenvalue weighted by Gasteiger charge is 2.10. The minimum atomic E-state index is -0.740. The molecule has 0 bridgehead atoms. The summed E-state index contributed by atoms with van der Waals surface area (Å²) >= 11 is 0. The van der Waals surface area contributed by atoms with Crippen molar-refractivity contribution in [3.05, 3.63) is 0 Å². The molecule has 0 saturated carbocycles. The number of aliphatic hydroxyl groups is 1. The molecule has 1 atom stereocenters. The number of carbonyl (C=O) groups excluding carboxylic acids is 2. The first kappa shape index (κ1) is 12.1. The molecule has 0 fully saturated rings. The lowest BCUT2D eigenvalue weighted by Gasteiger charge is -2.05. The van der Waals surface area contributed by atoms with Crippen molar-refractivity contribution in [2.45, 2.75) is 32.3 Å². The van der Waals surface area contributed by atoms with Crippen molar-refractivity contribution in [2.24, 2.45) is 5.73 Å². The van der Waals surface area contributed by atoms with Crippen LogP contribution in [0.3, 0.4) is 0 Å². The normalized spacial score (nSPS) is 12.2. The van der Waals surface area contributed by atoms with Crippen molar-refractivity contribution in [2.75, 3.05) is 6.54 Å². The van der Waals surface area contributed by atoms with E-state index >= 15 is 0 Å². The summed E-state index contributed by atoms with van der Waals surface area (Å²) in [6, 6.07) is 0. The van der Waals surface area contributed by atoms with Gasteiger partial charge in [-0.25, -0.2) is 0 Å². The summed E-state index contributed by atoms with van der Waals surface area (Å²) in [7, 11) is 0. The average molecular weight is 189 g/mol. The minimum absolute atomic E-state index is 0.0424. The second kappa shape index (κ2) is 6.56. The number of hydrogen-bond acceptors (Lipinski definition) is 5. The van der Waals surface area contributed by atoms with E-state index in [4.69, 9.17) is 10.8 Å². The first-order valence-corrected chi connectivity index (χ1v) is 4.21. The summed E-state index contributed by atoms with van der Waals surface area (Å²) in [5.74, 6) is -1.38. The molecule has 76 valence electrons. The number of hydrogen-bond donors (Lipinski definition) is 2. The minimum Gasteiger partial charge on any atom is -0.393 e. The fraction of sp³-hybridized carbons (Fsp3) is 0.750. The van der Waals surface area contributed by atoms with Gasteiger partial charge in [-0.05, 0) is 12.8 Å². The molecule has 0 heterocycles. The second-order valence-electron chi connectivity index (χ2n) is 2.65. The van der Waals surface area contributed by atoms with Crippen molar-refractivity contribution in [1.29, 1.82) is 0 Å². The summed E-state index contributed by atoms with van der Waals surface area (Å²) in [5.41, 5.74) is 4.93. The molecular weight excluding hydrogens is 174 g/mol. The predicted octanol–water partition coefficient (Wildman–Crippen LogP) is -0.434. The van der Waals surface area contributed by atoms with E-state index in [-0.39, 0.29) is 13.0 Å². The van der Waals surface area contributed by atoms with Crippen molar-refractivity contribution in [3.63, 3.8) is 0 Å². The van der Waals surface area contributed by atoms with Crippen molar-refractivity contribution in [3.8, 4) is 0 Å². The van der Waals surface area contributed by atoms with Crippen molar-refractivity contribution < 1.29 is 19.4 Å². The summed E-state index contributed by atoms with van der Waals surface area (Å²) < 4.78 is 4.28. The van der Waals surface area contributed by atoms with Crippen LogP contribution in [0.5, 0.6) is 0 Å². The smallest absolute Gasteiger partial charge is 0.327 e. The third-order valence-corrected chi connectivity index (χ3v) is 1.55. The van der Waals surface area contributed by atoms with Crippen LogP contribution in [-0.2, 0) is 14.3 Å². The molecule has 0 aromatic carbocycles. The Morgan fingerprint density at radius 3 is 2.54 bits per heavy atom.